The Balaban J connectivity index is -0.0000000493. The van der Waals surface area contributed by atoms with Crippen LogP contribution in [0.5, 0.6) is 0 Å². The van der Waals surface area contributed by atoms with Crippen LogP contribution in [0.25, 0.3) is 0 Å². The Hall–Kier alpha value is -6.88. The van der Waals surface area contributed by atoms with Crippen LogP contribution >= 0.6 is 13.5 Å². The molecule has 0 saturated heterocycles. The molecule has 11 heteroatoms. The van der Waals surface area contributed by atoms with Gasteiger partial charge in [-0.2, -0.15) is 13.5 Å². The van der Waals surface area contributed by atoms with E-state index in [0.717, 1.165) is 17.2 Å². The number of hydrogen-bond donors (Lipinski definition) is 2. The SMILES string of the molecule is C#CC#CC#CC#CC#CC#CC#CC#CC#CC#CC#CC#CC.Cc1cccc([C@@H]2c3cc(F)ccc3S(=O)(=O)CC(C)(C)[C@@H]2O)c1.OOOOF.S.[HH].[HH].[HH].[HH].[HH].[HH].[HH].[HH].[HH].[HH].[HH].[HH].[HH].[HH]. The van der Waals surface area contributed by atoms with Crippen LogP contribution in [0, 0.1) is 161 Å². The molecular weight excluding hydrogens is 743 g/mol. The molecule has 300 valence electrons. The molecule has 0 radical (unpaired) electrons. The Kier molecular flexibility index (Phi) is 24.3. The maximum Gasteiger partial charge on any atom is 0.179 e. The highest BCUT2D eigenvalue weighted by Gasteiger charge is 2.45. The van der Waals surface area contributed by atoms with Crippen molar-refractivity contribution in [3.05, 3.63) is 65.0 Å². The van der Waals surface area contributed by atoms with Crippen LogP contribution in [0.1, 0.15) is 63.4 Å². The van der Waals surface area contributed by atoms with Crippen molar-refractivity contribution in [1.82, 2.24) is 0 Å². The van der Waals surface area contributed by atoms with Gasteiger partial charge >= 0.3 is 0 Å². The number of benzene rings is 2. The fourth-order valence-corrected chi connectivity index (χ4v) is 6.38. The van der Waals surface area contributed by atoms with Crippen LogP contribution in [0.4, 0.5) is 8.92 Å². The van der Waals surface area contributed by atoms with Crippen LogP contribution in [-0.4, -0.2) is 30.6 Å². The Morgan fingerprint density at radius 3 is 1.62 bits per heavy atom. The normalized spacial score (nSPS) is 13.4. The van der Waals surface area contributed by atoms with E-state index in [1.54, 1.807) is 20.8 Å². The molecule has 2 aromatic rings. The number of rotatable bonds is 3. The molecule has 1 aliphatic rings. The number of terminal acetylenes is 1. The quantitative estimate of drug-likeness (QED) is 0.141. The van der Waals surface area contributed by atoms with Crippen LogP contribution in [0.15, 0.2) is 47.4 Å². The van der Waals surface area contributed by atoms with Crippen LogP contribution in [0.2, 0.25) is 0 Å². The summed E-state index contributed by atoms with van der Waals surface area (Å²) in [5, 5.41) is 25.5. The minimum absolute atomic E-state index is 0. The first-order valence-electron chi connectivity index (χ1n) is 14.8. The van der Waals surface area contributed by atoms with Crippen LogP contribution in [-0.2, 0) is 25.0 Å². The van der Waals surface area contributed by atoms with Gasteiger partial charge in [-0.15, -0.1) is 6.42 Å². The molecular formula is C44H56F2O7S2. The van der Waals surface area contributed by atoms with Crippen molar-refractivity contribution in [2.24, 2.45) is 5.41 Å². The third-order valence-corrected chi connectivity index (χ3v) is 8.39. The summed E-state index contributed by atoms with van der Waals surface area (Å²) in [6.45, 7) is 7.10. The Morgan fingerprint density at radius 2 is 1.24 bits per heavy atom. The fourth-order valence-electron chi connectivity index (χ4n) is 4.25. The standard InChI is InChI=1S/C25H4.C19H21FO3S.FHO4.H2S.14H2/c1-3-5-7-9-11-13-15-17-19-21-23-25-24-22-20-18-16-14-12-10-8-6-4-2;1-12-5-4-6-13(9-12)17-15-10-14(20)7-8-16(15)24(22,23)11-19(2,3)18(17)21;1-3-5-4-2;;;;;;;;;;;;;;;/h1H,2H3;4-10,17-18,21H,11H2,1-3H3;2H;1H2;14*1H/t;17-,18-;;;;;;;;;;;;;;;;/m.1................/s1. The van der Waals surface area contributed by atoms with E-state index in [-0.39, 0.29) is 44.1 Å². The van der Waals surface area contributed by atoms with E-state index >= 15 is 0 Å². The smallest absolute Gasteiger partial charge is 0.179 e. The predicted octanol–water partition coefficient (Wildman–Crippen LogP) is 7.90. The summed E-state index contributed by atoms with van der Waals surface area (Å²) in [7, 11) is -3.61. The van der Waals surface area contributed by atoms with E-state index in [0.29, 0.717) is 5.56 Å². The van der Waals surface area contributed by atoms with Gasteiger partial charge in [-0.1, -0.05) is 49.6 Å². The Bertz CT molecular complexity index is 2610. The van der Waals surface area contributed by atoms with E-state index in [1.165, 1.54) is 12.1 Å². The number of halogens is 2. The number of sulfone groups is 1. The highest BCUT2D eigenvalue weighted by Crippen LogP contribution is 2.44. The van der Waals surface area contributed by atoms with Gasteiger partial charge in [0.15, 0.2) is 9.84 Å². The summed E-state index contributed by atoms with van der Waals surface area (Å²) in [5.41, 5.74) is 1.27. The fraction of sp³-hybridized carbons (Fsp3) is 0.182. The highest BCUT2D eigenvalue weighted by molar-refractivity contribution is 7.91. The molecule has 1 heterocycles. The van der Waals surface area contributed by atoms with Gasteiger partial charge in [0.25, 0.3) is 0 Å². The van der Waals surface area contributed by atoms with Crippen molar-refractivity contribution < 1.29 is 62.8 Å². The first-order chi connectivity index (χ1) is 25.9. The first kappa shape index (κ1) is 48.1. The third-order valence-electron chi connectivity index (χ3n) is 6.22. The van der Waals surface area contributed by atoms with Crippen molar-refractivity contribution >= 4 is 23.3 Å². The minimum atomic E-state index is -3.61. The van der Waals surface area contributed by atoms with Gasteiger partial charge in [0.2, 0.25) is 0 Å². The van der Waals surface area contributed by atoms with E-state index in [4.69, 9.17) is 11.7 Å². The van der Waals surface area contributed by atoms with Crippen molar-refractivity contribution in [2.45, 2.75) is 44.6 Å². The Labute approximate surface area is 349 Å². The van der Waals surface area contributed by atoms with Gasteiger partial charge in [-0.25, -0.2) is 18.1 Å². The molecule has 7 nitrogen and oxygen atoms in total. The summed E-state index contributed by atoms with van der Waals surface area (Å²) in [4.78, 5) is 0.111. The molecule has 2 N–H and O–H groups in total. The molecule has 0 fully saturated rings. The van der Waals surface area contributed by atoms with Crippen molar-refractivity contribution in [3.8, 4) is 143 Å². The van der Waals surface area contributed by atoms with Gasteiger partial charge < -0.3 is 5.11 Å². The number of hydrogen-bond acceptors (Lipinski definition) is 7. The van der Waals surface area contributed by atoms with E-state index in [1.807, 2.05) is 31.2 Å². The molecule has 0 saturated carbocycles. The lowest BCUT2D eigenvalue weighted by Crippen LogP contribution is -2.38. The zero-order valence-electron chi connectivity index (χ0n) is 29.6. The zero-order valence-corrected chi connectivity index (χ0v) is 31.4. The maximum atomic E-state index is 13.9. The molecule has 2 aromatic carbocycles. The van der Waals surface area contributed by atoms with Crippen molar-refractivity contribution in [2.75, 3.05) is 5.75 Å². The second-order valence-corrected chi connectivity index (χ2v) is 12.4. The van der Waals surface area contributed by atoms with Crippen LogP contribution in [0.3, 0.4) is 0 Å². The molecule has 3 rings (SSSR count). The van der Waals surface area contributed by atoms with Gasteiger partial charge in [-0.3, -0.25) is 0 Å². The second-order valence-electron chi connectivity index (χ2n) is 10.5. The molecule has 0 aliphatic carbocycles. The van der Waals surface area contributed by atoms with Crippen molar-refractivity contribution in [3.63, 3.8) is 0 Å². The average Bonchev–Trinajstić information content (AvgIpc) is 3.18. The molecule has 1 aliphatic heterocycles. The minimum Gasteiger partial charge on any atom is -0.392 e. The lowest BCUT2D eigenvalue weighted by Gasteiger charge is -2.33. The lowest BCUT2D eigenvalue weighted by atomic mass is 9.75. The molecule has 0 unspecified atom stereocenters. The molecule has 0 aromatic heterocycles. The highest BCUT2D eigenvalue weighted by atomic mass is 32.2. The summed E-state index contributed by atoms with van der Waals surface area (Å²) in [5.74, 6) is 55.6. The number of fused-ring (bicyclic) bond motifs is 1. The van der Waals surface area contributed by atoms with Gasteiger partial charge in [0, 0.05) is 71.9 Å². The summed E-state index contributed by atoms with van der Waals surface area (Å²) in [6, 6.07) is 11.3. The molecule has 2 atom stereocenters. The summed E-state index contributed by atoms with van der Waals surface area (Å²) < 4.78 is 49.4. The molecule has 0 bridgehead atoms. The van der Waals surface area contributed by atoms with Gasteiger partial charge in [0.1, 0.15) is 5.82 Å². The topological polar surface area (TPSA) is 102 Å². The summed E-state index contributed by atoms with van der Waals surface area (Å²) >= 11 is 0. The monoisotopic (exact) mass is 798 g/mol. The second kappa shape index (κ2) is 27.7. The van der Waals surface area contributed by atoms with E-state index < -0.39 is 33.1 Å². The van der Waals surface area contributed by atoms with Crippen LogP contribution < -0.4 is 0 Å². The molecule has 0 amide bonds. The molecule has 55 heavy (non-hydrogen) atoms. The Morgan fingerprint density at radius 1 is 0.782 bits per heavy atom. The number of aliphatic hydroxyl groups excluding tert-OH is 1. The predicted molar refractivity (Wildman–Crippen MR) is 238 cm³/mol. The largest absolute Gasteiger partial charge is 0.392 e. The number of aliphatic hydroxyl groups is 1. The van der Waals surface area contributed by atoms with Crippen molar-refractivity contribution in [1.29, 1.82) is 0 Å². The first-order valence-corrected chi connectivity index (χ1v) is 16.5. The summed E-state index contributed by atoms with van der Waals surface area (Å²) in [6.07, 6.45) is 3.96. The van der Waals surface area contributed by atoms with E-state index in [2.05, 4.69) is 151 Å². The number of aryl methyl sites for hydroxylation is 1. The molecule has 0 spiro atoms. The zero-order chi connectivity index (χ0) is 40.1. The van der Waals surface area contributed by atoms with E-state index in [9.17, 15) is 22.4 Å². The third kappa shape index (κ3) is 19.5. The van der Waals surface area contributed by atoms with Gasteiger partial charge in [-0.05, 0) is 153 Å². The average molecular weight is 799 g/mol. The lowest BCUT2D eigenvalue weighted by molar-refractivity contribution is -0.671. The van der Waals surface area contributed by atoms with Gasteiger partial charge in [0.05, 0.1) is 16.8 Å². The maximum absolute atomic E-state index is 13.9.